The molecule has 2 heteroatoms. The van der Waals surface area contributed by atoms with Crippen molar-refractivity contribution in [2.45, 2.75) is 20.3 Å². The molecule has 0 N–H and O–H groups in total. The maximum atomic E-state index is 3.94. The Morgan fingerprint density at radius 1 is 1.67 bits per heavy atom. The van der Waals surface area contributed by atoms with Crippen molar-refractivity contribution >= 4 is 0 Å². The molecule has 0 saturated heterocycles. The van der Waals surface area contributed by atoms with E-state index in [1.165, 1.54) is 0 Å². The first-order valence-corrected chi connectivity index (χ1v) is 3.29. The van der Waals surface area contributed by atoms with Crippen LogP contribution >= 0.6 is 0 Å². The Morgan fingerprint density at radius 2 is 2.44 bits per heavy atom. The topological polar surface area (TPSA) is 24.7 Å². The van der Waals surface area contributed by atoms with Gasteiger partial charge in [-0.15, -0.1) is 0 Å². The molecule has 0 amide bonds. The third-order valence-electron chi connectivity index (χ3n) is 1.60. The molecule has 0 fully saturated rings. The van der Waals surface area contributed by atoms with Gasteiger partial charge in [-0.3, -0.25) is 0 Å². The van der Waals surface area contributed by atoms with E-state index in [2.05, 4.69) is 24.1 Å². The summed E-state index contributed by atoms with van der Waals surface area (Å²) in [4.78, 5) is 0. The minimum absolute atomic E-state index is 0.562. The average molecular weight is 123 g/mol. The number of azo groups is 1. The van der Waals surface area contributed by atoms with E-state index in [0.717, 1.165) is 12.5 Å². The van der Waals surface area contributed by atoms with Gasteiger partial charge in [0.25, 0.3) is 0 Å². The van der Waals surface area contributed by atoms with E-state index in [9.17, 15) is 0 Å². The second kappa shape index (κ2) is 2.76. The molecule has 1 radical (unpaired) electrons. The van der Waals surface area contributed by atoms with Crippen molar-refractivity contribution in [2.75, 3.05) is 0 Å². The van der Waals surface area contributed by atoms with Crippen LogP contribution in [0.2, 0.25) is 0 Å². The SMILES string of the molecule is CCC(C)[C]1C=CN=N1. The molecule has 1 aliphatic heterocycles. The summed E-state index contributed by atoms with van der Waals surface area (Å²) in [5.74, 6) is 0.562. The predicted molar refractivity (Wildman–Crippen MR) is 36.7 cm³/mol. The maximum absolute atomic E-state index is 3.94. The Labute approximate surface area is 55.7 Å². The Morgan fingerprint density at radius 3 is 2.89 bits per heavy atom. The Kier molecular flexibility index (Phi) is 1.98. The zero-order valence-corrected chi connectivity index (χ0v) is 5.83. The molecule has 2 nitrogen and oxygen atoms in total. The predicted octanol–water partition coefficient (Wildman–Crippen LogP) is 2.54. The van der Waals surface area contributed by atoms with Gasteiger partial charge in [-0.2, -0.15) is 10.2 Å². The fourth-order valence-corrected chi connectivity index (χ4v) is 0.715. The van der Waals surface area contributed by atoms with Gasteiger partial charge >= 0.3 is 0 Å². The number of nitrogens with zero attached hydrogens (tertiary/aromatic N) is 2. The smallest absolute Gasteiger partial charge is 0.135 e. The molecule has 1 rings (SSSR count). The van der Waals surface area contributed by atoms with Crippen LogP contribution in [0.5, 0.6) is 0 Å². The molecule has 0 spiro atoms. The van der Waals surface area contributed by atoms with Crippen LogP contribution in [0.1, 0.15) is 20.3 Å². The fraction of sp³-hybridized carbons (Fsp3) is 0.571. The third kappa shape index (κ3) is 1.37. The lowest BCUT2D eigenvalue weighted by atomic mass is 10.0. The molecule has 0 bridgehead atoms. The van der Waals surface area contributed by atoms with Crippen LogP contribution in [-0.2, 0) is 0 Å². The van der Waals surface area contributed by atoms with Gasteiger partial charge in [0, 0.05) is 6.20 Å². The molecule has 9 heavy (non-hydrogen) atoms. The molecule has 0 aromatic heterocycles. The quantitative estimate of drug-likeness (QED) is 0.539. The van der Waals surface area contributed by atoms with Gasteiger partial charge in [-0.05, 0) is 12.0 Å². The lowest BCUT2D eigenvalue weighted by molar-refractivity contribution is 0.592. The van der Waals surface area contributed by atoms with Gasteiger partial charge in [-0.1, -0.05) is 20.3 Å². The number of rotatable bonds is 2. The largest absolute Gasteiger partial charge is 0.175 e. The second-order valence-electron chi connectivity index (χ2n) is 2.27. The van der Waals surface area contributed by atoms with E-state index in [1.807, 2.05) is 6.08 Å². The van der Waals surface area contributed by atoms with Gasteiger partial charge in [0.05, 0.1) is 0 Å². The Hall–Kier alpha value is -0.660. The summed E-state index contributed by atoms with van der Waals surface area (Å²) in [7, 11) is 0. The summed E-state index contributed by atoms with van der Waals surface area (Å²) < 4.78 is 0. The van der Waals surface area contributed by atoms with E-state index in [4.69, 9.17) is 0 Å². The Balaban J connectivity index is 2.43. The monoisotopic (exact) mass is 123 g/mol. The van der Waals surface area contributed by atoms with Crippen molar-refractivity contribution in [3.05, 3.63) is 18.3 Å². The van der Waals surface area contributed by atoms with Crippen molar-refractivity contribution in [1.29, 1.82) is 0 Å². The van der Waals surface area contributed by atoms with Gasteiger partial charge in [0.15, 0.2) is 0 Å². The molecular weight excluding hydrogens is 112 g/mol. The first-order valence-electron chi connectivity index (χ1n) is 3.29. The van der Waals surface area contributed by atoms with E-state index >= 15 is 0 Å². The zero-order valence-electron chi connectivity index (χ0n) is 5.83. The highest BCUT2D eigenvalue weighted by molar-refractivity contribution is 5.13. The second-order valence-corrected chi connectivity index (χ2v) is 2.27. The first kappa shape index (κ1) is 6.46. The van der Waals surface area contributed by atoms with Crippen LogP contribution in [0.4, 0.5) is 0 Å². The lowest BCUT2D eigenvalue weighted by Gasteiger charge is -2.07. The van der Waals surface area contributed by atoms with Crippen LogP contribution in [0.25, 0.3) is 0 Å². The highest BCUT2D eigenvalue weighted by Gasteiger charge is 2.14. The molecule has 0 aromatic rings. The molecule has 1 unspecified atom stereocenters. The number of hydrogen-bond acceptors (Lipinski definition) is 2. The first-order chi connectivity index (χ1) is 4.34. The summed E-state index contributed by atoms with van der Waals surface area (Å²) in [6.45, 7) is 4.31. The normalized spacial score (nSPS) is 21.1. The standard InChI is InChI=1S/C7H11N2/c1-3-6(2)7-4-5-8-9-7/h4-6H,3H2,1-2H3. The van der Waals surface area contributed by atoms with E-state index in [-0.39, 0.29) is 0 Å². The maximum Gasteiger partial charge on any atom is 0.135 e. The molecule has 1 heterocycles. The summed E-state index contributed by atoms with van der Waals surface area (Å²) in [5, 5.41) is 7.68. The van der Waals surface area contributed by atoms with Crippen LogP contribution < -0.4 is 0 Å². The summed E-state index contributed by atoms with van der Waals surface area (Å²) in [6, 6.07) is 1.11. The van der Waals surface area contributed by atoms with Crippen LogP contribution in [0, 0.1) is 12.0 Å². The van der Waals surface area contributed by atoms with Gasteiger partial charge < -0.3 is 0 Å². The summed E-state index contributed by atoms with van der Waals surface area (Å²) in [6.07, 6.45) is 4.84. The minimum atomic E-state index is 0.562. The van der Waals surface area contributed by atoms with E-state index in [1.54, 1.807) is 6.20 Å². The minimum Gasteiger partial charge on any atom is -0.175 e. The van der Waals surface area contributed by atoms with Crippen LogP contribution in [-0.4, -0.2) is 0 Å². The van der Waals surface area contributed by atoms with Gasteiger partial charge in [0.2, 0.25) is 0 Å². The fourth-order valence-electron chi connectivity index (χ4n) is 0.715. The van der Waals surface area contributed by atoms with Gasteiger partial charge in [0.1, 0.15) is 6.04 Å². The summed E-state index contributed by atoms with van der Waals surface area (Å²) in [5.41, 5.74) is 0. The molecule has 0 aliphatic carbocycles. The Bertz CT molecular complexity index is 126. The van der Waals surface area contributed by atoms with Crippen LogP contribution in [0.3, 0.4) is 0 Å². The van der Waals surface area contributed by atoms with Crippen molar-refractivity contribution < 1.29 is 0 Å². The molecule has 49 valence electrons. The number of hydrogen-bond donors (Lipinski definition) is 0. The highest BCUT2D eigenvalue weighted by atomic mass is 15.1. The highest BCUT2D eigenvalue weighted by Crippen LogP contribution is 2.23. The third-order valence-corrected chi connectivity index (χ3v) is 1.60. The molecule has 0 saturated carbocycles. The lowest BCUT2D eigenvalue weighted by Crippen LogP contribution is -1.99. The van der Waals surface area contributed by atoms with Crippen molar-refractivity contribution in [1.82, 2.24) is 0 Å². The van der Waals surface area contributed by atoms with E-state index in [0.29, 0.717) is 5.92 Å². The van der Waals surface area contributed by atoms with E-state index < -0.39 is 0 Å². The molecule has 0 aromatic carbocycles. The van der Waals surface area contributed by atoms with Crippen molar-refractivity contribution in [3.63, 3.8) is 0 Å². The summed E-state index contributed by atoms with van der Waals surface area (Å²) >= 11 is 0. The van der Waals surface area contributed by atoms with Crippen molar-refractivity contribution in [3.8, 4) is 0 Å². The molecule has 1 aliphatic rings. The molecular formula is C7H11N2. The molecule has 1 atom stereocenters. The average Bonchev–Trinajstić information content (AvgIpc) is 2.37. The zero-order chi connectivity index (χ0) is 6.69. The van der Waals surface area contributed by atoms with Gasteiger partial charge in [-0.25, -0.2) is 0 Å². The van der Waals surface area contributed by atoms with Crippen molar-refractivity contribution in [2.24, 2.45) is 16.1 Å². The van der Waals surface area contributed by atoms with Crippen LogP contribution in [0.15, 0.2) is 22.5 Å².